The molecule has 6 N–H and O–H groups in total. The molecule has 0 radical (unpaired) electrons. The molecule has 1 saturated carbocycles. The van der Waals surface area contributed by atoms with E-state index in [1.807, 2.05) is 31.2 Å². The Hall–Kier alpha value is -4.89. The van der Waals surface area contributed by atoms with E-state index in [0.717, 1.165) is 50.1 Å². The molecule has 54 heavy (non-hydrogen) atoms. The molecule has 2 aromatic heterocycles. The van der Waals surface area contributed by atoms with Crippen LogP contribution in [0.4, 0.5) is 10.2 Å². The number of nitrogens with zero attached hydrogens (tertiary/aromatic N) is 5. The third-order valence-electron chi connectivity index (χ3n) is 11.9. The van der Waals surface area contributed by atoms with E-state index < -0.39 is 5.82 Å². The van der Waals surface area contributed by atoms with Crippen molar-refractivity contribution in [1.82, 2.24) is 30.5 Å². The van der Waals surface area contributed by atoms with Crippen molar-refractivity contribution < 1.29 is 23.3 Å². The lowest BCUT2D eigenvalue weighted by Gasteiger charge is -2.52. The molecule has 3 unspecified atom stereocenters. The standard InChI is InChI=1S/C39H41ClFN9O4/c1-3-49(43)14-26(42)21-6-4-20(5-7-21)15-52-36-31(30-19(2)25(41)9-27-24(30)13-45-48-27)33(40)35-32-34(36)46-38(54-23-10-39(11-23)17-51-18-39)47-37(32)50-22-8-28(44-12-22)29(50)16-53-35/h4-7,9,13-14,22-23,28-29,44H,3,8,10-12,15-18,42-43H2,1-2H3,(H,45,48)/b26-14-. The Labute approximate surface area is 315 Å². The first-order valence-corrected chi connectivity index (χ1v) is 18.9. The molecule has 0 amide bonds. The Morgan fingerprint density at radius 2 is 2.02 bits per heavy atom. The first kappa shape index (κ1) is 33.7. The van der Waals surface area contributed by atoms with Gasteiger partial charge in [0.1, 0.15) is 36.5 Å². The fourth-order valence-corrected chi connectivity index (χ4v) is 9.27. The number of aromatic amines is 1. The number of fused-ring (bicyclic) bond motifs is 7. The summed E-state index contributed by atoms with van der Waals surface area (Å²) in [5.74, 6) is 7.06. The third kappa shape index (κ3) is 5.25. The molecule has 2 bridgehead atoms. The molecule has 3 saturated heterocycles. The number of halogens is 2. The van der Waals surface area contributed by atoms with Crippen LogP contribution in [0.25, 0.3) is 38.6 Å². The highest BCUT2D eigenvalue weighted by molar-refractivity contribution is 6.38. The van der Waals surface area contributed by atoms with Crippen LogP contribution in [0.3, 0.4) is 0 Å². The van der Waals surface area contributed by atoms with Crippen molar-refractivity contribution in [2.45, 2.75) is 63.9 Å². The van der Waals surface area contributed by atoms with Crippen LogP contribution < -0.4 is 36.0 Å². The maximum Gasteiger partial charge on any atom is 0.319 e. The van der Waals surface area contributed by atoms with Gasteiger partial charge in [0.05, 0.1) is 47.1 Å². The summed E-state index contributed by atoms with van der Waals surface area (Å²) in [7, 11) is 0. The summed E-state index contributed by atoms with van der Waals surface area (Å²) in [6, 6.07) is 9.90. The topological polar surface area (TPSA) is 162 Å². The molecule has 3 atom stereocenters. The van der Waals surface area contributed by atoms with Gasteiger partial charge < -0.3 is 39.9 Å². The van der Waals surface area contributed by atoms with E-state index in [4.69, 9.17) is 52.1 Å². The van der Waals surface area contributed by atoms with Gasteiger partial charge in [0.2, 0.25) is 0 Å². The van der Waals surface area contributed by atoms with Crippen molar-refractivity contribution in [2.24, 2.45) is 17.0 Å². The first-order chi connectivity index (χ1) is 26.2. The van der Waals surface area contributed by atoms with E-state index in [-0.39, 0.29) is 47.3 Å². The monoisotopic (exact) mass is 753 g/mol. The molecule has 1 spiro atoms. The summed E-state index contributed by atoms with van der Waals surface area (Å²) in [5, 5.41) is 14.0. The highest BCUT2D eigenvalue weighted by Gasteiger charge is 2.52. The van der Waals surface area contributed by atoms with E-state index in [9.17, 15) is 0 Å². The zero-order valence-electron chi connectivity index (χ0n) is 30.0. The number of hydrazine groups is 1. The van der Waals surface area contributed by atoms with E-state index in [2.05, 4.69) is 20.4 Å². The number of H-pyrrole nitrogens is 1. The number of piperazine rings is 1. The number of benzene rings is 3. The number of nitrogens with one attached hydrogen (secondary N) is 2. The van der Waals surface area contributed by atoms with Gasteiger partial charge in [-0.15, -0.1) is 0 Å². The minimum absolute atomic E-state index is 0.0187. The summed E-state index contributed by atoms with van der Waals surface area (Å²) in [6.45, 7) is 7.17. The predicted octanol–water partition coefficient (Wildman–Crippen LogP) is 5.18. The fraction of sp³-hybridized carbons (Fsp3) is 0.410. The van der Waals surface area contributed by atoms with Crippen LogP contribution in [-0.4, -0.2) is 82.3 Å². The van der Waals surface area contributed by atoms with Crippen LogP contribution in [0.1, 0.15) is 42.9 Å². The van der Waals surface area contributed by atoms with E-state index >= 15 is 4.39 Å². The Morgan fingerprint density at radius 1 is 1.20 bits per heavy atom. The van der Waals surface area contributed by atoms with Crippen molar-refractivity contribution in [2.75, 3.05) is 37.8 Å². The van der Waals surface area contributed by atoms with Crippen LogP contribution in [0.15, 0.2) is 42.7 Å². The van der Waals surface area contributed by atoms with Crippen LogP contribution in [0, 0.1) is 18.2 Å². The minimum atomic E-state index is -0.412. The molecule has 10 rings (SSSR count). The number of rotatable bonds is 9. The molecular weight excluding hydrogens is 713 g/mol. The van der Waals surface area contributed by atoms with Crippen molar-refractivity contribution in [1.29, 1.82) is 0 Å². The van der Waals surface area contributed by atoms with Crippen molar-refractivity contribution in [3.8, 4) is 28.6 Å². The highest BCUT2D eigenvalue weighted by atomic mass is 35.5. The van der Waals surface area contributed by atoms with Gasteiger partial charge in [0.15, 0.2) is 11.5 Å². The van der Waals surface area contributed by atoms with E-state index in [1.165, 1.54) is 11.1 Å². The molecule has 5 aromatic rings. The van der Waals surface area contributed by atoms with Gasteiger partial charge >= 0.3 is 6.01 Å². The highest BCUT2D eigenvalue weighted by Crippen LogP contribution is 2.56. The summed E-state index contributed by atoms with van der Waals surface area (Å²) >= 11 is 7.52. The predicted molar refractivity (Wildman–Crippen MR) is 203 cm³/mol. The van der Waals surface area contributed by atoms with Crippen LogP contribution >= 0.6 is 11.6 Å². The molecule has 13 nitrogen and oxygen atoms in total. The van der Waals surface area contributed by atoms with Crippen LogP contribution in [-0.2, 0) is 11.3 Å². The zero-order valence-corrected chi connectivity index (χ0v) is 30.8. The Morgan fingerprint density at radius 3 is 2.78 bits per heavy atom. The zero-order chi connectivity index (χ0) is 36.9. The summed E-state index contributed by atoms with van der Waals surface area (Å²) in [4.78, 5) is 12.6. The van der Waals surface area contributed by atoms with E-state index in [1.54, 1.807) is 19.3 Å². The van der Waals surface area contributed by atoms with Crippen molar-refractivity contribution >= 4 is 44.9 Å². The number of hydrogen-bond acceptors (Lipinski definition) is 12. The molecule has 5 aliphatic rings. The second kappa shape index (κ2) is 12.6. The fourth-order valence-electron chi connectivity index (χ4n) is 8.94. The van der Waals surface area contributed by atoms with Gasteiger partial charge in [-0.05, 0) is 55.9 Å². The van der Waals surface area contributed by atoms with Crippen molar-refractivity contribution in [3.63, 3.8) is 0 Å². The molecule has 6 heterocycles. The number of anilines is 1. The number of ether oxygens (including phenoxy) is 4. The van der Waals surface area contributed by atoms with Crippen molar-refractivity contribution in [3.05, 3.63) is 70.3 Å². The molecule has 4 fully saturated rings. The average Bonchev–Trinajstić information content (AvgIpc) is 3.86. The molecular formula is C39H41ClFN9O4. The molecule has 15 heteroatoms. The van der Waals surface area contributed by atoms with Gasteiger partial charge in [-0.2, -0.15) is 15.1 Å². The maximum atomic E-state index is 15.8. The largest absolute Gasteiger partial charge is 0.489 e. The lowest BCUT2D eigenvalue weighted by atomic mass is 9.65. The molecule has 3 aromatic carbocycles. The SMILES string of the molecule is CCN(N)/C=C(\N)c1ccc(COc2c(-c3c(C)c(F)cc4[nH]ncc34)c(Cl)c3c4c(nc(OC5CC6(COC6)C5)nc24)N2C4CNC(C4)C2CO3)cc1. The van der Waals surface area contributed by atoms with Gasteiger partial charge in [-0.1, -0.05) is 35.9 Å². The lowest BCUT2D eigenvalue weighted by molar-refractivity contribution is -0.192. The first-order valence-electron chi connectivity index (χ1n) is 18.5. The van der Waals surface area contributed by atoms with Gasteiger partial charge in [-0.3, -0.25) is 5.10 Å². The molecule has 280 valence electrons. The average molecular weight is 754 g/mol. The second-order valence-corrected chi connectivity index (χ2v) is 15.7. The van der Waals surface area contributed by atoms with Gasteiger partial charge in [0, 0.05) is 53.3 Å². The second-order valence-electron chi connectivity index (χ2n) is 15.3. The quantitative estimate of drug-likeness (QED) is 0.116. The molecule has 4 aliphatic heterocycles. The molecule has 1 aliphatic carbocycles. The number of nitrogens with two attached hydrogens (primary N) is 2. The maximum absolute atomic E-state index is 15.8. The summed E-state index contributed by atoms with van der Waals surface area (Å²) < 4.78 is 41.4. The van der Waals surface area contributed by atoms with Gasteiger partial charge in [0.25, 0.3) is 0 Å². The normalized spacial score (nSPS) is 22.6. The van der Waals surface area contributed by atoms with Gasteiger partial charge in [-0.25, -0.2) is 10.2 Å². The lowest BCUT2D eigenvalue weighted by Crippen LogP contribution is -2.56. The Balaban J connectivity index is 1.16. The smallest absolute Gasteiger partial charge is 0.319 e. The summed E-state index contributed by atoms with van der Waals surface area (Å²) in [5.41, 5.74) is 11.1. The van der Waals surface area contributed by atoms with Crippen LogP contribution in [0.2, 0.25) is 5.02 Å². The van der Waals surface area contributed by atoms with Crippen LogP contribution in [0.5, 0.6) is 17.5 Å². The Kier molecular flexibility index (Phi) is 7.85. The third-order valence-corrected chi connectivity index (χ3v) is 12.3. The summed E-state index contributed by atoms with van der Waals surface area (Å²) in [6.07, 6.45) is 6.08. The Bertz CT molecular complexity index is 2340. The number of aromatic nitrogens is 4. The van der Waals surface area contributed by atoms with E-state index in [0.29, 0.717) is 74.7 Å². The minimum Gasteiger partial charge on any atom is -0.489 e. The number of hydrogen-bond donors (Lipinski definition) is 4.